The Morgan fingerprint density at radius 1 is 0.392 bits per heavy atom. The Morgan fingerprint density at radius 2 is 1.06 bits per heavy atom. The fourth-order valence-electron chi connectivity index (χ4n) is 7.91. The van der Waals surface area contributed by atoms with Crippen LogP contribution < -0.4 is 0 Å². The van der Waals surface area contributed by atoms with Crippen LogP contribution in [0, 0.1) is 0 Å². The molecule has 0 aliphatic carbocycles. The first-order chi connectivity index (χ1) is 25.3. The van der Waals surface area contributed by atoms with Crippen LogP contribution in [0.1, 0.15) is 0 Å². The Bertz CT molecular complexity index is 3060. The summed E-state index contributed by atoms with van der Waals surface area (Å²) in [5.41, 5.74) is 10.2. The van der Waals surface area contributed by atoms with Crippen LogP contribution in [0.2, 0.25) is 0 Å². The molecule has 51 heavy (non-hydrogen) atoms. The van der Waals surface area contributed by atoms with Gasteiger partial charge in [0.1, 0.15) is 17.0 Å². The van der Waals surface area contributed by atoms with Gasteiger partial charge in [-0.2, -0.15) is 0 Å². The average molecular weight is 653 g/mol. The molecule has 0 fully saturated rings. The minimum atomic E-state index is 0.687. The van der Waals surface area contributed by atoms with Crippen molar-refractivity contribution >= 4 is 65.6 Å². The molecule has 0 unspecified atom stereocenters. The first-order valence-electron chi connectivity index (χ1n) is 17.2. The van der Waals surface area contributed by atoms with Gasteiger partial charge in [-0.1, -0.05) is 115 Å². The second-order valence-corrected chi connectivity index (χ2v) is 13.0. The van der Waals surface area contributed by atoms with Crippen LogP contribution in [0.4, 0.5) is 0 Å². The number of rotatable bonds is 4. The van der Waals surface area contributed by atoms with Crippen molar-refractivity contribution in [1.29, 1.82) is 0 Å². The maximum atomic E-state index is 6.41. The minimum Gasteiger partial charge on any atom is -0.456 e. The van der Waals surface area contributed by atoms with E-state index in [-0.39, 0.29) is 0 Å². The van der Waals surface area contributed by atoms with E-state index in [9.17, 15) is 0 Å². The van der Waals surface area contributed by atoms with E-state index in [2.05, 4.69) is 149 Å². The van der Waals surface area contributed by atoms with Crippen LogP contribution in [-0.2, 0) is 0 Å². The highest BCUT2D eigenvalue weighted by Crippen LogP contribution is 2.44. The van der Waals surface area contributed by atoms with Crippen molar-refractivity contribution in [2.45, 2.75) is 0 Å². The number of nitrogens with zero attached hydrogens (tertiary/aromatic N) is 4. The fraction of sp³-hybridized carbons (Fsp3) is 0. The molecule has 0 saturated carbocycles. The van der Waals surface area contributed by atoms with E-state index in [1.54, 1.807) is 0 Å². The quantitative estimate of drug-likeness (QED) is 0.190. The van der Waals surface area contributed by atoms with E-state index in [0.717, 1.165) is 77.7 Å². The predicted octanol–water partition coefficient (Wildman–Crippen LogP) is 11.9. The molecule has 0 atom stereocenters. The monoisotopic (exact) mass is 652 g/mol. The molecule has 5 heteroatoms. The van der Waals surface area contributed by atoms with E-state index in [0.29, 0.717) is 5.82 Å². The average Bonchev–Trinajstić information content (AvgIpc) is 3.85. The maximum absolute atomic E-state index is 6.41. The third-order valence-electron chi connectivity index (χ3n) is 10.1. The molecule has 11 aromatic rings. The third kappa shape index (κ3) is 4.15. The molecule has 0 radical (unpaired) electrons. The summed E-state index contributed by atoms with van der Waals surface area (Å²) in [6, 6.07) is 59.4. The van der Waals surface area contributed by atoms with E-state index in [4.69, 9.17) is 14.4 Å². The van der Waals surface area contributed by atoms with Gasteiger partial charge in [0, 0.05) is 55.2 Å². The number of furan rings is 1. The van der Waals surface area contributed by atoms with Crippen molar-refractivity contribution in [3.05, 3.63) is 170 Å². The van der Waals surface area contributed by atoms with Gasteiger partial charge in [-0.25, -0.2) is 9.97 Å². The van der Waals surface area contributed by atoms with E-state index in [1.807, 2.05) is 30.3 Å². The van der Waals surface area contributed by atoms with Crippen LogP contribution in [-0.4, -0.2) is 19.1 Å². The molecule has 0 bridgehead atoms. The van der Waals surface area contributed by atoms with Crippen molar-refractivity contribution in [2.75, 3.05) is 0 Å². The first kappa shape index (κ1) is 27.9. The molecule has 0 aliphatic rings. The van der Waals surface area contributed by atoms with Gasteiger partial charge in [-0.15, -0.1) is 0 Å². The largest absolute Gasteiger partial charge is 0.456 e. The topological polar surface area (TPSA) is 48.8 Å². The highest BCUT2D eigenvalue weighted by Gasteiger charge is 2.22. The van der Waals surface area contributed by atoms with Crippen molar-refractivity contribution in [3.8, 4) is 34.2 Å². The lowest BCUT2D eigenvalue weighted by molar-refractivity contribution is 0.669. The predicted molar refractivity (Wildman–Crippen MR) is 209 cm³/mol. The van der Waals surface area contributed by atoms with Gasteiger partial charge in [-0.3, -0.25) is 4.57 Å². The van der Waals surface area contributed by atoms with Crippen molar-refractivity contribution in [2.24, 2.45) is 0 Å². The summed E-state index contributed by atoms with van der Waals surface area (Å²) in [6.07, 6.45) is 0. The van der Waals surface area contributed by atoms with Crippen molar-refractivity contribution in [1.82, 2.24) is 19.1 Å². The molecular weight excluding hydrogens is 625 g/mol. The fourth-order valence-corrected chi connectivity index (χ4v) is 7.91. The summed E-state index contributed by atoms with van der Waals surface area (Å²) in [4.78, 5) is 10.4. The van der Waals surface area contributed by atoms with Gasteiger partial charge in [0.05, 0.1) is 27.8 Å². The Hall–Kier alpha value is -6.98. The van der Waals surface area contributed by atoms with Crippen LogP contribution in [0.5, 0.6) is 0 Å². The second-order valence-electron chi connectivity index (χ2n) is 13.0. The van der Waals surface area contributed by atoms with Gasteiger partial charge in [-0.05, 0) is 48.5 Å². The zero-order chi connectivity index (χ0) is 33.5. The first-order valence-corrected chi connectivity index (χ1v) is 17.2. The Morgan fingerprint density at radius 3 is 1.86 bits per heavy atom. The lowest BCUT2D eigenvalue weighted by atomic mass is 10.0. The van der Waals surface area contributed by atoms with Crippen LogP contribution in [0.15, 0.2) is 174 Å². The summed E-state index contributed by atoms with van der Waals surface area (Å²) < 4.78 is 11.1. The highest BCUT2D eigenvalue weighted by molar-refractivity contribution is 6.29. The molecule has 238 valence electrons. The molecule has 4 heterocycles. The Balaban J connectivity index is 1.30. The number of hydrogen-bond acceptors (Lipinski definition) is 3. The highest BCUT2D eigenvalue weighted by atomic mass is 16.3. The smallest absolute Gasteiger partial charge is 0.162 e. The van der Waals surface area contributed by atoms with Gasteiger partial charge in [0.15, 0.2) is 5.82 Å². The molecule has 5 nitrogen and oxygen atoms in total. The Kier molecular flexibility index (Phi) is 5.89. The third-order valence-corrected chi connectivity index (χ3v) is 10.1. The van der Waals surface area contributed by atoms with Crippen molar-refractivity contribution < 1.29 is 4.42 Å². The number of aromatic nitrogens is 4. The summed E-state index contributed by atoms with van der Waals surface area (Å²) in [6.45, 7) is 0. The standard InChI is InChI=1S/C46H28N4O/c1-4-14-29(15-5-1)36-27-43(48-46(47-36)30-16-6-2-7-17-30)50-37-22-12-10-20-32(37)34-26-35-40(28-39(34)50)49(31-18-8-3-9-19-31)38-24-25-42-45(44(35)38)33-21-11-13-23-41(33)51-42/h1-28H. The molecular formula is C46H28N4O. The summed E-state index contributed by atoms with van der Waals surface area (Å²) in [5.74, 6) is 1.51. The van der Waals surface area contributed by atoms with E-state index < -0.39 is 0 Å². The zero-order valence-electron chi connectivity index (χ0n) is 27.4. The summed E-state index contributed by atoms with van der Waals surface area (Å²) in [7, 11) is 0. The minimum absolute atomic E-state index is 0.687. The molecule has 0 spiro atoms. The Labute approximate surface area is 292 Å². The van der Waals surface area contributed by atoms with Gasteiger partial charge in [0.2, 0.25) is 0 Å². The number of benzene rings is 7. The lowest BCUT2D eigenvalue weighted by Gasteiger charge is -2.12. The SMILES string of the molecule is c1ccc(-c2cc(-n3c4ccccc4c4cc5c6c7c(ccc6n(-c6ccccc6)c5cc43)oc3ccccc37)nc(-c3ccccc3)n2)cc1. The lowest BCUT2D eigenvalue weighted by Crippen LogP contribution is -2.02. The molecule has 0 aliphatic heterocycles. The maximum Gasteiger partial charge on any atom is 0.162 e. The molecule has 11 rings (SSSR count). The number of hydrogen-bond donors (Lipinski definition) is 0. The number of para-hydroxylation sites is 3. The summed E-state index contributed by atoms with van der Waals surface area (Å²) in [5, 5.41) is 6.96. The normalized spacial score (nSPS) is 11.9. The molecule has 4 aromatic heterocycles. The van der Waals surface area contributed by atoms with Crippen LogP contribution in [0.25, 0.3) is 99.7 Å². The molecule has 0 amide bonds. The van der Waals surface area contributed by atoms with Gasteiger partial charge >= 0.3 is 0 Å². The molecule has 0 N–H and O–H groups in total. The zero-order valence-corrected chi connectivity index (χ0v) is 27.4. The summed E-state index contributed by atoms with van der Waals surface area (Å²) >= 11 is 0. The molecule has 7 aromatic carbocycles. The van der Waals surface area contributed by atoms with Gasteiger partial charge in [0.25, 0.3) is 0 Å². The van der Waals surface area contributed by atoms with Crippen molar-refractivity contribution in [3.63, 3.8) is 0 Å². The molecule has 0 saturated heterocycles. The van der Waals surface area contributed by atoms with E-state index in [1.165, 1.54) is 16.2 Å². The van der Waals surface area contributed by atoms with E-state index >= 15 is 0 Å². The number of fused-ring (bicyclic) bond motifs is 10. The second kappa shape index (κ2) is 10.8. The van der Waals surface area contributed by atoms with Crippen LogP contribution >= 0.6 is 0 Å². The van der Waals surface area contributed by atoms with Crippen LogP contribution in [0.3, 0.4) is 0 Å². The van der Waals surface area contributed by atoms with Gasteiger partial charge < -0.3 is 8.98 Å².